The summed E-state index contributed by atoms with van der Waals surface area (Å²) in [5.74, 6) is 0.341. The normalized spacial score (nSPS) is 28.1. The van der Waals surface area contributed by atoms with Crippen molar-refractivity contribution in [3.05, 3.63) is 18.0 Å². The molecule has 2 atom stereocenters. The van der Waals surface area contributed by atoms with Gasteiger partial charge in [0.25, 0.3) is 5.91 Å². The number of aliphatic hydroxyl groups excluding tert-OH is 1. The van der Waals surface area contributed by atoms with E-state index >= 15 is 0 Å². The van der Waals surface area contributed by atoms with Gasteiger partial charge in [0.2, 0.25) is 0 Å². The third kappa shape index (κ3) is 2.72. The van der Waals surface area contributed by atoms with Crippen LogP contribution in [-0.4, -0.2) is 32.9 Å². The zero-order chi connectivity index (χ0) is 13.2. The topological polar surface area (TPSA) is 67.2 Å². The molecule has 1 fully saturated rings. The van der Waals surface area contributed by atoms with Gasteiger partial charge in [-0.3, -0.25) is 9.48 Å². The smallest absolute Gasteiger partial charge is 0.272 e. The minimum Gasteiger partial charge on any atom is -0.394 e. The fourth-order valence-corrected chi connectivity index (χ4v) is 2.80. The summed E-state index contributed by atoms with van der Waals surface area (Å²) >= 11 is 0. The number of aliphatic hydroxyl groups is 1. The molecule has 0 saturated heterocycles. The van der Waals surface area contributed by atoms with Crippen molar-refractivity contribution in [3.8, 4) is 0 Å². The van der Waals surface area contributed by atoms with Crippen LogP contribution in [0.4, 0.5) is 0 Å². The Kier molecular flexibility index (Phi) is 3.71. The lowest BCUT2D eigenvalue weighted by Crippen LogP contribution is -2.54. The Morgan fingerprint density at radius 3 is 3.06 bits per heavy atom. The molecule has 0 aliphatic heterocycles. The predicted molar refractivity (Wildman–Crippen MR) is 68.1 cm³/mol. The van der Waals surface area contributed by atoms with Crippen molar-refractivity contribution in [2.75, 3.05) is 6.61 Å². The minimum atomic E-state index is -0.466. The second-order valence-electron chi connectivity index (χ2n) is 5.47. The Morgan fingerprint density at radius 1 is 1.72 bits per heavy atom. The van der Waals surface area contributed by atoms with Gasteiger partial charge in [-0.25, -0.2) is 0 Å². The first-order valence-corrected chi connectivity index (χ1v) is 6.48. The van der Waals surface area contributed by atoms with Crippen molar-refractivity contribution in [3.63, 3.8) is 0 Å². The van der Waals surface area contributed by atoms with Crippen LogP contribution in [0.3, 0.4) is 0 Å². The molecule has 1 aromatic rings. The molecule has 2 rings (SSSR count). The molecule has 0 spiro atoms. The van der Waals surface area contributed by atoms with E-state index in [1.54, 1.807) is 24.0 Å². The molecule has 0 radical (unpaired) electrons. The second-order valence-corrected chi connectivity index (χ2v) is 5.47. The lowest BCUT2D eigenvalue weighted by molar-refractivity contribution is 0.0692. The van der Waals surface area contributed by atoms with Crippen LogP contribution in [0.2, 0.25) is 0 Å². The Hall–Kier alpha value is -1.36. The molecular weight excluding hydrogens is 230 g/mol. The highest BCUT2D eigenvalue weighted by Crippen LogP contribution is 2.32. The molecule has 2 N–H and O–H groups in total. The maximum atomic E-state index is 12.1. The third-order valence-electron chi connectivity index (χ3n) is 3.72. The molecule has 1 aliphatic rings. The van der Waals surface area contributed by atoms with E-state index in [0.29, 0.717) is 11.6 Å². The van der Waals surface area contributed by atoms with Gasteiger partial charge in [0, 0.05) is 13.2 Å². The van der Waals surface area contributed by atoms with Crippen LogP contribution < -0.4 is 5.32 Å². The highest BCUT2D eigenvalue weighted by atomic mass is 16.3. The van der Waals surface area contributed by atoms with Crippen molar-refractivity contribution >= 4 is 5.91 Å². The van der Waals surface area contributed by atoms with Crippen molar-refractivity contribution < 1.29 is 9.90 Å². The van der Waals surface area contributed by atoms with Crippen molar-refractivity contribution in [2.24, 2.45) is 13.0 Å². The van der Waals surface area contributed by atoms with Crippen LogP contribution in [0.25, 0.3) is 0 Å². The number of amides is 1. The van der Waals surface area contributed by atoms with E-state index in [4.69, 9.17) is 0 Å². The maximum Gasteiger partial charge on any atom is 0.272 e. The van der Waals surface area contributed by atoms with Crippen LogP contribution in [-0.2, 0) is 7.05 Å². The van der Waals surface area contributed by atoms with Crippen LogP contribution in [0, 0.1) is 5.92 Å². The zero-order valence-corrected chi connectivity index (χ0v) is 11.0. The number of nitrogens with one attached hydrogen (secondary N) is 1. The molecule has 1 heterocycles. The molecule has 1 saturated carbocycles. The van der Waals surface area contributed by atoms with Crippen molar-refractivity contribution in [1.29, 1.82) is 0 Å². The standard InChI is InChI=1S/C13H21N3O2/c1-10-4-3-6-13(8-10,9-17)14-12(18)11-5-7-16(2)15-11/h5,7,10,17H,3-4,6,8-9H2,1-2H3,(H,14,18). The molecule has 5 nitrogen and oxygen atoms in total. The number of carbonyl (C=O) groups is 1. The summed E-state index contributed by atoms with van der Waals surface area (Å²) < 4.78 is 1.60. The van der Waals surface area contributed by atoms with Crippen molar-refractivity contribution in [1.82, 2.24) is 15.1 Å². The van der Waals surface area contributed by atoms with Gasteiger partial charge in [-0.05, 0) is 24.8 Å². The summed E-state index contributed by atoms with van der Waals surface area (Å²) in [5.41, 5.74) is -0.0599. The van der Waals surface area contributed by atoms with E-state index in [-0.39, 0.29) is 12.5 Å². The van der Waals surface area contributed by atoms with Gasteiger partial charge in [-0.15, -0.1) is 0 Å². The van der Waals surface area contributed by atoms with E-state index in [0.717, 1.165) is 19.3 Å². The summed E-state index contributed by atoms with van der Waals surface area (Å²) in [6.07, 6.45) is 5.63. The monoisotopic (exact) mass is 251 g/mol. The van der Waals surface area contributed by atoms with Crippen LogP contribution in [0.1, 0.15) is 43.1 Å². The Bertz CT molecular complexity index is 430. The molecule has 18 heavy (non-hydrogen) atoms. The van der Waals surface area contributed by atoms with Crippen LogP contribution in [0.15, 0.2) is 12.3 Å². The Morgan fingerprint density at radius 2 is 2.50 bits per heavy atom. The zero-order valence-electron chi connectivity index (χ0n) is 11.0. The lowest BCUT2D eigenvalue weighted by Gasteiger charge is -2.39. The first-order valence-electron chi connectivity index (χ1n) is 6.48. The van der Waals surface area contributed by atoms with Crippen molar-refractivity contribution in [2.45, 2.75) is 38.1 Å². The lowest BCUT2D eigenvalue weighted by atomic mass is 9.77. The SMILES string of the molecule is CC1CCCC(CO)(NC(=O)c2ccn(C)n2)C1. The quantitative estimate of drug-likeness (QED) is 0.845. The first-order chi connectivity index (χ1) is 8.54. The predicted octanol–water partition coefficient (Wildman–Crippen LogP) is 1.09. The second kappa shape index (κ2) is 5.10. The maximum absolute atomic E-state index is 12.1. The van der Waals surface area contributed by atoms with Crippen LogP contribution in [0.5, 0.6) is 0 Å². The molecule has 100 valence electrons. The number of carbonyl (C=O) groups excluding carboxylic acids is 1. The molecule has 0 aromatic carbocycles. The average Bonchev–Trinajstić information content (AvgIpc) is 2.76. The third-order valence-corrected chi connectivity index (χ3v) is 3.72. The molecule has 1 aliphatic carbocycles. The number of nitrogens with zero attached hydrogens (tertiary/aromatic N) is 2. The molecule has 5 heteroatoms. The minimum absolute atomic E-state index is 0.00405. The Labute approximate surface area is 107 Å². The molecule has 2 unspecified atom stereocenters. The van der Waals surface area contributed by atoms with Gasteiger partial charge in [0.15, 0.2) is 0 Å². The highest BCUT2D eigenvalue weighted by Gasteiger charge is 2.36. The summed E-state index contributed by atoms with van der Waals surface area (Å²) in [4.78, 5) is 12.1. The Balaban J connectivity index is 2.08. The van der Waals surface area contributed by atoms with Gasteiger partial charge in [-0.1, -0.05) is 19.8 Å². The van der Waals surface area contributed by atoms with E-state index in [9.17, 15) is 9.90 Å². The number of hydrogen-bond acceptors (Lipinski definition) is 3. The van der Waals surface area contributed by atoms with E-state index in [2.05, 4.69) is 17.3 Å². The van der Waals surface area contributed by atoms with Gasteiger partial charge in [0.1, 0.15) is 5.69 Å². The number of aryl methyl sites for hydroxylation is 1. The van der Waals surface area contributed by atoms with E-state index < -0.39 is 5.54 Å². The van der Waals surface area contributed by atoms with Crippen LogP contribution >= 0.6 is 0 Å². The van der Waals surface area contributed by atoms with Gasteiger partial charge in [-0.2, -0.15) is 5.10 Å². The summed E-state index contributed by atoms with van der Waals surface area (Å²) in [6, 6.07) is 1.69. The number of rotatable bonds is 3. The highest BCUT2D eigenvalue weighted by molar-refractivity contribution is 5.92. The van der Waals surface area contributed by atoms with Gasteiger partial charge >= 0.3 is 0 Å². The van der Waals surface area contributed by atoms with E-state index in [1.807, 2.05) is 0 Å². The summed E-state index contributed by atoms with van der Waals surface area (Å²) in [6.45, 7) is 2.16. The fraction of sp³-hybridized carbons (Fsp3) is 0.692. The molecule has 1 amide bonds. The van der Waals surface area contributed by atoms with E-state index in [1.165, 1.54) is 6.42 Å². The molecule has 0 bridgehead atoms. The number of hydrogen-bond donors (Lipinski definition) is 2. The molecule has 1 aromatic heterocycles. The largest absolute Gasteiger partial charge is 0.394 e. The molecular formula is C13H21N3O2. The fourth-order valence-electron chi connectivity index (χ4n) is 2.80. The average molecular weight is 251 g/mol. The summed E-state index contributed by atoms with van der Waals surface area (Å²) in [7, 11) is 1.78. The van der Waals surface area contributed by atoms with Gasteiger partial charge < -0.3 is 10.4 Å². The number of aromatic nitrogens is 2. The van der Waals surface area contributed by atoms with Gasteiger partial charge in [0.05, 0.1) is 12.1 Å². The summed E-state index contributed by atoms with van der Waals surface area (Å²) in [5, 5.41) is 16.7. The first kappa shape index (κ1) is 13.1.